The summed E-state index contributed by atoms with van der Waals surface area (Å²) in [6.07, 6.45) is 2.39. The summed E-state index contributed by atoms with van der Waals surface area (Å²) in [5.74, 6) is 4.23. The van der Waals surface area contributed by atoms with Crippen LogP contribution in [0.25, 0.3) is 0 Å². The van der Waals surface area contributed by atoms with Crippen LogP contribution in [0.2, 0.25) is 0 Å². The van der Waals surface area contributed by atoms with Crippen LogP contribution >= 0.6 is 24.0 Å². The number of fused-ring (bicyclic) bond motifs is 1. The molecule has 0 unspecified atom stereocenters. The predicted molar refractivity (Wildman–Crippen MR) is 112 cm³/mol. The van der Waals surface area contributed by atoms with Crippen molar-refractivity contribution >= 4 is 29.9 Å². The number of halogens is 1. The first-order chi connectivity index (χ1) is 12.6. The van der Waals surface area contributed by atoms with Crippen molar-refractivity contribution in [2.45, 2.75) is 38.9 Å². The smallest absolute Gasteiger partial charge is 0.231 e. The van der Waals surface area contributed by atoms with Gasteiger partial charge in [0.1, 0.15) is 12.4 Å². The van der Waals surface area contributed by atoms with E-state index in [0.717, 1.165) is 41.2 Å². The number of aromatic nitrogens is 3. The Labute approximate surface area is 176 Å². The second-order valence-corrected chi connectivity index (χ2v) is 6.82. The second-order valence-electron chi connectivity index (χ2n) is 6.82. The van der Waals surface area contributed by atoms with E-state index < -0.39 is 0 Å². The molecule has 2 heterocycles. The van der Waals surface area contributed by atoms with E-state index >= 15 is 0 Å². The molecular formula is C18H25IN6O2. The van der Waals surface area contributed by atoms with Gasteiger partial charge in [-0.25, -0.2) is 4.99 Å². The predicted octanol–water partition coefficient (Wildman–Crippen LogP) is 2.21. The van der Waals surface area contributed by atoms with Gasteiger partial charge in [-0.05, 0) is 37.5 Å². The molecule has 8 nitrogen and oxygen atoms in total. The minimum Gasteiger partial charge on any atom is -0.454 e. The molecule has 1 aliphatic heterocycles. The van der Waals surface area contributed by atoms with Crippen LogP contribution in [0.5, 0.6) is 11.5 Å². The zero-order chi connectivity index (χ0) is 18.1. The Kier molecular flexibility index (Phi) is 6.08. The first-order valence-electron chi connectivity index (χ1n) is 8.85. The molecule has 146 valence electrons. The number of aliphatic imine (C=N–C) groups is 1. The number of aryl methyl sites for hydroxylation is 1. The summed E-state index contributed by atoms with van der Waals surface area (Å²) in [4.78, 5) is 6.89. The Hall–Kier alpha value is -2.04. The summed E-state index contributed by atoms with van der Waals surface area (Å²) >= 11 is 0. The summed E-state index contributed by atoms with van der Waals surface area (Å²) in [5.41, 5.74) is 1.15. The van der Waals surface area contributed by atoms with Crippen molar-refractivity contribution in [2.24, 2.45) is 12.0 Å². The molecule has 0 spiro atoms. The van der Waals surface area contributed by atoms with Crippen molar-refractivity contribution in [1.29, 1.82) is 0 Å². The van der Waals surface area contributed by atoms with Gasteiger partial charge in [0.2, 0.25) is 6.79 Å². The number of guanidine groups is 1. The van der Waals surface area contributed by atoms with Gasteiger partial charge in [-0.15, -0.1) is 34.2 Å². The number of nitrogens with one attached hydrogen (secondary N) is 1. The molecule has 1 aromatic carbocycles. The third kappa shape index (κ3) is 4.63. The van der Waals surface area contributed by atoms with Gasteiger partial charge in [0.25, 0.3) is 0 Å². The molecule has 2 aliphatic rings. The Morgan fingerprint density at radius 3 is 2.78 bits per heavy atom. The fourth-order valence-corrected chi connectivity index (χ4v) is 2.81. The van der Waals surface area contributed by atoms with Crippen LogP contribution in [-0.2, 0) is 20.1 Å². The number of nitrogens with zero attached hydrogens (tertiary/aromatic N) is 5. The standard InChI is InChI=1S/C18H24N6O2.HI/c1-12-21-22-17(24(12)3)9-19-18(20-14-5-6-14)23(2)10-13-4-7-15-16(8-13)26-11-25-15;/h4,7-8,14H,5-6,9-11H2,1-3H3,(H,19,20);1H. The first-order valence-corrected chi connectivity index (χ1v) is 8.85. The first kappa shape index (κ1) is 19.7. The van der Waals surface area contributed by atoms with Crippen LogP contribution in [0, 0.1) is 6.92 Å². The topological polar surface area (TPSA) is 76.8 Å². The molecule has 4 rings (SSSR count). The Balaban J connectivity index is 0.00000210. The molecule has 0 atom stereocenters. The van der Waals surface area contributed by atoms with Gasteiger partial charge < -0.3 is 24.3 Å². The fraction of sp³-hybridized carbons (Fsp3) is 0.500. The molecule has 2 aromatic rings. The summed E-state index contributed by atoms with van der Waals surface area (Å²) in [5, 5.41) is 11.8. The third-order valence-corrected chi connectivity index (χ3v) is 4.68. The van der Waals surface area contributed by atoms with Gasteiger partial charge >= 0.3 is 0 Å². The highest BCUT2D eigenvalue weighted by Gasteiger charge is 2.24. The van der Waals surface area contributed by atoms with Gasteiger partial charge in [-0.2, -0.15) is 0 Å². The Morgan fingerprint density at radius 1 is 1.30 bits per heavy atom. The Morgan fingerprint density at radius 2 is 2.07 bits per heavy atom. The van der Waals surface area contributed by atoms with Crippen molar-refractivity contribution in [3.63, 3.8) is 0 Å². The van der Waals surface area contributed by atoms with E-state index in [1.165, 1.54) is 12.8 Å². The highest BCUT2D eigenvalue weighted by molar-refractivity contribution is 14.0. The van der Waals surface area contributed by atoms with E-state index in [4.69, 9.17) is 14.5 Å². The fourth-order valence-electron chi connectivity index (χ4n) is 2.81. The van der Waals surface area contributed by atoms with Gasteiger partial charge in [-0.3, -0.25) is 0 Å². The zero-order valence-electron chi connectivity index (χ0n) is 15.8. The normalized spacial score (nSPS) is 15.4. The minimum absolute atomic E-state index is 0. The van der Waals surface area contributed by atoms with E-state index in [-0.39, 0.29) is 24.0 Å². The molecule has 9 heteroatoms. The van der Waals surface area contributed by atoms with Crippen molar-refractivity contribution in [1.82, 2.24) is 25.0 Å². The average Bonchev–Trinajstić information content (AvgIpc) is 3.24. The molecular weight excluding hydrogens is 459 g/mol. The monoisotopic (exact) mass is 484 g/mol. The molecule has 0 bridgehead atoms. The maximum atomic E-state index is 5.47. The quantitative estimate of drug-likeness (QED) is 0.399. The highest BCUT2D eigenvalue weighted by atomic mass is 127. The highest BCUT2D eigenvalue weighted by Crippen LogP contribution is 2.32. The van der Waals surface area contributed by atoms with Crippen molar-refractivity contribution < 1.29 is 9.47 Å². The summed E-state index contributed by atoms with van der Waals surface area (Å²) in [6, 6.07) is 6.57. The third-order valence-electron chi connectivity index (χ3n) is 4.68. The molecule has 1 saturated carbocycles. The molecule has 0 saturated heterocycles. The van der Waals surface area contributed by atoms with E-state index in [9.17, 15) is 0 Å². The lowest BCUT2D eigenvalue weighted by Crippen LogP contribution is -2.39. The number of hydrogen-bond acceptors (Lipinski definition) is 5. The maximum absolute atomic E-state index is 5.47. The lowest BCUT2D eigenvalue weighted by Gasteiger charge is -2.22. The number of hydrogen-bond donors (Lipinski definition) is 1. The molecule has 27 heavy (non-hydrogen) atoms. The number of ether oxygens (including phenoxy) is 2. The number of rotatable bonds is 5. The van der Waals surface area contributed by atoms with Crippen molar-refractivity contribution in [2.75, 3.05) is 13.8 Å². The summed E-state index contributed by atoms with van der Waals surface area (Å²) in [7, 11) is 4.01. The zero-order valence-corrected chi connectivity index (χ0v) is 18.1. The summed E-state index contributed by atoms with van der Waals surface area (Å²) in [6.45, 7) is 3.46. The van der Waals surface area contributed by atoms with Crippen LogP contribution < -0.4 is 14.8 Å². The lowest BCUT2D eigenvalue weighted by atomic mass is 10.2. The number of benzene rings is 1. The molecule has 0 amide bonds. The van der Waals surface area contributed by atoms with E-state index in [1.807, 2.05) is 37.7 Å². The van der Waals surface area contributed by atoms with Gasteiger partial charge in [0.05, 0.1) is 0 Å². The van der Waals surface area contributed by atoms with Gasteiger partial charge in [-0.1, -0.05) is 6.07 Å². The molecule has 1 aromatic heterocycles. The van der Waals surface area contributed by atoms with Crippen LogP contribution in [0.15, 0.2) is 23.2 Å². The van der Waals surface area contributed by atoms with Gasteiger partial charge in [0, 0.05) is 26.7 Å². The van der Waals surface area contributed by atoms with Crippen LogP contribution in [0.1, 0.15) is 30.1 Å². The second kappa shape index (κ2) is 8.32. The minimum atomic E-state index is 0. The van der Waals surface area contributed by atoms with Crippen LogP contribution in [0.3, 0.4) is 0 Å². The lowest BCUT2D eigenvalue weighted by molar-refractivity contribution is 0.174. The van der Waals surface area contributed by atoms with Crippen molar-refractivity contribution in [3.05, 3.63) is 35.4 Å². The summed E-state index contributed by atoms with van der Waals surface area (Å²) < 4.78 is 12.8. The van der Waals surface area contributed by atoms with Crippen molar-refractivity contribution in [3.8, 4) is 11.5 Å². The average molecular weight is 484 g/mol. The van der Waals surface area contributed by atoms with Crippen LogP contribution in [0.4, 0.5) is 0 Å². The molecule has 1 fully saturated rings. The molecule has 0 radical (unpaired) electrons. The maximum Gasteiger partial charge on any atom is 0.231 e. The molecule has 1 N–H and O–H groups in total. The van der Waals surface area contributed by atoms with E-state index in [2.05, 4.69) is 26.5 Å². The van der Waals surface area contributed by atoms with Gasteiger partial charge in [0.15, 0.2) is 23.3 Å². The molecule has 1 aliphatic carbocycles. The van der Waals surface area contributed by atoms with Crippen LogP contribution in [-0.4, -0.2) is 45.5 Å². The Bertz CT molecular complexity index is 833. The largest absolute Gasteiger partial charge is 0.454 e. The van der Waals surface area contributed by atoms with E-state index in [1.54, 1.807) is 0 Å². The SMILES string of the molecule is Cc1nnc(CN=C(NC2CC2)N(C)Cc2ccc3c(c2)OCO3)n1C.I. The van der Waals surface area contributed by atoms with E-state index in [0.29, 0.717) is 19.4 Å².